The first-order valence-corrected chi connectivity index (χ1v) is 7.21. The van der Waals surface area contributed by atoms with Crippen molar-refractivity contribution in [1.82, 2.24) is 0 Å². The van der Waals surface area contributed by atoms with E-state index in [2.05, 4.69) is 0 Å². The van der Waals surface area contributed by atoms with Gasteiger partial charge in [-0.15, -0.1) is 0 Å². The molecular formula is C12H14ClNO3S. The summed E-state index contributed by atoms with van der Waals surface area (Å²) in [6, 6.07) is 4.60. The van der Waals surface area contributed by atoms with E-state index in [0.29, 0.717) is 16.0 Å². The van der Waals surface area contributed by atoms with Crippen LogP contribution in [0.2, 0.25) is 5.02 Å². The summed E-state index contributed by atoms with van der Waals surface area (Å²) in [5, 5.41) is 11.9. The molecule has 18 heavy (non-hydrogen) atoms. The maximum Gasteiger partial charge on any atom is 0.269 e. The van der Waals surface area contributed by atoms with Crippen molar-refractivity contribution < 1.29 is 9.66 Å². The van der Waals surface area contributed by atoms with Gasteiger partial charge in [-0.3, -0.25) is 10.1 Å². The second-order valence-corrected chi connectivity index (χ2v) is 5.85. The molecule has 1 fully saturated rings. The molecule has 0 unspecified atom stereocenters. The van der Waals surface area contributed by atoms with Crippen LogP contribution in [0.25, 0.3) is 0 Å². The molecule has 1 heterocycles. The van der Waals surface area contributed by atoms with Gasteiger partial charge in [-0.2, -0.15) is 11.8 Å². The summed E-state index contributed by atoms with van der Waals surface area (Å²) in [5.74, 6) is 0.713. The van der Waals surface area contributed by atoms with E-state index in [1.807, 2.05) is 0 Å². The Hall–Kier alpha value is -0.780. The largest absolute Gasteiger partial charge is 0.381 e. The normalized spacial score (nSPS) is 16.7. The lowest BCUT2D eigenvalue weighted by molar-refractivity contribution is -0.384. The monoisotopic (exact) mass is 287 g/mol. The molecule has 4 nitrogen and oxygen atoms in total. The van der Waals surface area contributed by atoms with Gasteiger partial charge in [-0.25, -0.2) is 0 Å². The van der Waals surface area contributed by atoms with Gasteiger partial charge < -0.3 is 4.74 Å². The van der Waals surface area contributed by atoms with E-state index in [4.69, 9.17) is 16.3 Å². The van der Waals surface area contributed by atoms with Crippen LogP contribution in [-0.2, 0) is 10.5 Å². The lowest BCUT2D eigenvalue weighted by Gasteiger charge is -2.21. The molecule has 0 aromatic heterocycles. The van der Waals surface area contributed by atoms with E-state index in [-0.39, 0.29) is 10.6 Å². The quantitative estimate of drug-likeness (QED) is 0.626. The number of thioether (sulfide) groups is 1. The molecule has 0 N–H and O–H groups in total. The Balaban J connectivity index is 1.99. The van der Waals surface area contributed by atoms with Gasteiger partial charge in [0.25, 0.3) is 5.69 Å². The third-order valence-corrected chi connectivity index (χ3v) is 4.67. The first kappa shape index (κ1) is 13.6. The van der Waals surface area contributed by atoms with Crippen LogP contribution in [-0.4, -0.2) is 23.4 Å². The zero-order chi connectivity index (χ0) is 13.0. The van der Waals surface area contributed by atoms with Crippen molar-refractivity contribution in [3.63, 3.8) is 0 Å². The summed E-state index contributed by atoms with van der Waals surface area (Å²) < 4.78 is 5.30. The highest BCUT2D eigenvalue weighted by Gasteiger charge is 2.16. The van der Waals surface area contributed by atoms with Crippen LogP contribution < -0.4 is 0 Å². The van der Waals surface area contributed by atoms with E-state index < -0.39 is 0 Å². The van der Waals surface area contributed by atoms with E-state index >= 15 is 0 Å². The standard InChI is InChI=1S/C12H14ClNO3S/c13-12-2-1-10(14(15)16)7-9(12)8-18-11-3-5-17-6-4-11/h1-2,7,11H,3-6,8H2. The van der Waals surface area contributed by atoms with E-state index in [9.17, 15) is 10.1 Å². The van der Waals surface area contributed by atoms with Crippen molar-refractivity contribution in [2.75, 3.05) is 13.2 Å². The molecule has 1 saturated heterocycles. The van der Waals surface area contributed by atoms with Gasteiger partial charge in [0.1, 0.15) is 0 Å². The molecule has 1 aliphatic heterocycles. The van der Waals surface area contributed by atoms with Gasteiger partial charge in [0.15, 0.2) is 0 Å². The Morgan fingerprint density at radius 2 is 2.17 bits per heavy atom. The summed E-state index contributed by atoms with van der Waals surface area (Å²) in [7, 11) is 0. The number of halogens is 1. The first-order chi connectivity index (χ1) is 8.66. The Morgan fingerprint density at radius 1 is 1.44 bits per heavy atom. The fourth-order valence-electron chi connectivity index (χ4n) is 1.84. The van der Waals surface area contributed by atoms with E-state index in [0.717, 1.165) is 31.6 Å². The van der Waals surface area contributed by atoms with Crippen LogP contribution >= 0.6 is 23.4 Å². The topological polar surface area (TPSA) is 52.4 Å². The zero-order valence-electron chi connectivity index (χ0n) is 9.80. The van der Waals surface area contributed by atoms with E-state index in [1.165, 1.54) is 6.07 Å². The third-order valence-electron chi connectivity index (χ3n) is 2.88. The number of nitro benzene ring substituents is 1. The molecular weight excluding hydrogens is 274 g/mol. The molecule has 6 heteroatoms. The van der Waals surface area contributed by atoms with E-state index in [1.54, 1.807) is 23.9 Å². The number of rotatable bonds is 4. The summed E-state index contributed by atoms with van der Waals surface area (Å²) in [5.41, 5.74) is 0.935. The smallest absolute Gasteiger partial charge is 0.269 e. The number of benzene rings is 1. The van der Waals surface area contributed by atoms with Crippen molar-refractivity contribution in [3.8, 4) is 0 Å². The minimum atomic E-state index is -0.390. The predicted molar refractivity (Wildman–Crippen MR) is 73.2 cm³/mol. The number of ether oxygens (including phenoxy) is 1. The Bertz CT molecular complexity index is 435. The summed E-state index contributed by atoms with van der Waals surface area (Å²) >= 11 is 7.86. The van der Waals surface area contributed by atoms with Crippen molar-refractivity contribution in [2.45, 2.75) is 23.8 Å². The molecule has 2 rings (SSSR count). The molecule has 1 aromatic rings. The maximum absolute atomic E-state index is 10.7. The fourth-order valence-corrected chi connectivity index (χ4v) is 3.28. The van der Waals surface area contributed by atoms with Gasteiger partial charge in [0.05, 0.1) is 4.92 Å². The van der Waals surface area contributed by atoms with Crippen molar-refractivity contribution in [3.05, 3.63) is 38.9 Å². The first-order valence-electron chi connectivity index (χ1n) is 5.79. The van der Waals surface area contributed by atoms with Gasteiger partial charge in [-0.05, 0) is 24.5 Å². The average Bonchev–Trinajstić information content (AvgIpc) is 2.38. The molecule has 0 bridgehead atoms. The molecule has 0 saturated carbocycles. The third kappa shape index (κ3) is 3.60. The highest BCUT2D eigenvalue weighted by atomic mass is 35.5. The number of non-ortho nitro benzene ring substituents is 1. The van der Waals surface area contributed by atoms with Gasteiger partial charge in [0.2, 0.25) is 0 Å². The highest BCUT2D eigenvalue weighted by molar-refractivity contribution is 7.99. The lowest BCUT2D eigenvalue weighted by Crippen LogP contribution is -2.17. The zero-order valence-corrected chi connectivity index (χ0v) is 11.4. The van der Waals surface area contributed by atoms with Crippen LogP contribution in [0.3, 0.4) is 0 Å². The number of nitrogens with zero attached hydrogens (tertiary/aromatic N) is 1. The van der Waals surface area contributed by atoms with Crippen molar-refractivity contribution in [1.29, 1.82) is 0 Å². The fraction of sp³-hybridized carbons (Fsp3) is 0.500. The Morgan fingerprint density at radius 3 is 2.83 bits per heavy atom. The molecule has 1 aromatic carbocycles. The van der Waals surface area contributed by atoms with Gasteiger partial charge in [-0.1, -0.05) is 11.6 Å². The summed E-state index contributed by atoms with van der Waals surface area (Å²) in [6.45, 7) is 1.61. The maximum atomic E-state index is 10.7. The van der Waals surface area contributed by atoms with Crippen LogP contribution in [0.5, 0.6) is 0 Å². The molecule has 1 aliphatic rings. The summed E-state index contributed by atoms with van der Waals surface area (Å²) in [4.78, 5) is 10.3. The number of hydrogen-bond donors (Lipinski definition) is 0. The van der Waals surface area contributed by atoms with Crippen LogP contribution in [0, 0.1) is 10.1 Å². The minimum Gasteiger partial charge on any atom is -0.381 e. The molecule has 0 atom stereocenters. The van der Waals surface area contributed by atoms with Gasteiger partial charge in [0, 0.05) is 41.4 Å². The number of nitro groups is 1. The molecule has 0 amide bonds. The minimum absolute atomic E-state index is 0.0991. The molecule has 98 valence electrons. The van der Waals surface area contributed by atoms with Crippen LogP contribution in [0.4, 0.5) is 5.69 Å². The molecule has 0 radical (unpaired) electrons. The van der Waals surface area contributed by atoms with Crippen molar-refractivity contribution in [2.24, 2.45) is 0 Å². The van der Waals surface area contributed by atoms with Crippen LogP contribution in [0.1, 0.15) is 18.4 Å². The molecule has 0 aliphatic carbocycles. The predicted octanol–water partition coefficient (Wildman–Crippen LogP) is 3.66. The van der Waals surface area contributed by atoms with Crippen LogP contribution in [0.15, 0.2) is 18.2 Å². The highest BCUT2D eigenvalue weighted by Crippen LogP contribution is 2.30. The Kier molecular flexibility index (Phi) is 4.86. The molecule has 0 spiro atoms. The second kappa shape index (κ2) is 6.41. The Labute approximate surface area is 115 Å². The van der Waals surface area contributed by atoms with Gasteiger partial charge >= 0.3 is 0 Å². The number of hydrogen-bond acceptors (Lipinski definition) is 4. The SMILES string of the molecule is O=[N+]([O-])c1ccc(Cl)c(CSC2CCOCC2)c1. The lowest BCUT2D eigenvalue weighted by atomic mass is 10.2. The average molecular weight is 288 g/mol. The van der Waals surface area contributed by atoms with Crippen molar-refractivity contribution >= 4 is 29.1 Å². The summed E-state index contributed by atoms with van der Waals surface area (Å²) in [6.07, 6.45) is 2.08. The second-order valence-electron chi connectivity index (χ2n) is 4.16.